The van der Waals surface area contributed by atoms with Gasteiger partial charge in [-0.3, -0.25) is 5.04 Å². The van der Waals surface area contributed by atoms with Crippen LogP contribution in [0.3, 0.4) is 0 Å². The number of nitrogens with zero attached hydrogens (tertiary/aromatic N) is 6. The van der Waals surface area contributed by atoms with Crippen molar-refractivity contribution in [3.8, 4) is 5.75 Å². The Labute approximate surface area is 340 Å². The van der Waals surface area contributed by atoms with Gasteiger partial charge in [-0.25, -0.2) is 16.8 Å². The van der Waals surface area contributed by atoms with Crippen LogP contribution in [0.1, 0.15) is 0 Å². The number of rotatable bonds is 11. The van der Waals surface area contributed by atoms with Crippen LogP contribution >= 0.6 is 12.0 Å². The number of nitrogens with one attached hydrogen (secondary N) is 1. The predicted molar refractivity (Wildman–Crippen MR) is 143 cm³/mol. The molecular weight excluding hydrogens is 739 g/mol. The normalized spacial score (nSPS) is 11.5. The van der Waals surface area contributed by atoms with Gasteiger partial charge in [-0.2, -0.15) is 23.1 Å². The Balaban J connectivity index is 0.00000384. The number of halogens is 2. The number of aromatic hydroxyl groups is 1. The summed E-state index contributed by atoms with van der Waals surface area (Å²) in [5.41, 5.74) is 3.85. The molecule has 0 fully saturated rings. The molecule has 0 aliphatic rings. The van der Waals surface area contributed by atoms with Crippen molar-refractivity contribution in [3.63, 3.8) is 0 Å². The number of phenols is 1. The van der Waals surface area contributed by atoms with Crippen molar-refractivity contribution in [2.24, 2.45) is 20.5 Å². The minimum absolute atomic E-state index is 0. The summed E-state index contributed by atoms with van der Waals surface area (Å²) in [6.07, 6.45) is -1.40. The average molecular weight is 753 g/mol. The predicted octanol–water partition coefficient (Wildman–Crippen LogP) is -5.33. The average Bonchev–Trinajstić information content (AvgIpc) is 2.93. The van der Waals surface area contributed by atoms with Crippen molar-refractivity contribution in [2.75, 3.05) is 11.1 Å². The van der Waals surface area contributed by atoms with Crippen LogP contribution in [0.25, 0.3) is 0 Å². The molecule has 4 N–H and O–H groups in total. The van der Waals surface area contributed by atoms with Crippen LogP contribution in [0, 0.1) is 12.0 Å². The molecule has 3 aromatic carbocycles. The summed E-state index contributed by atoms with van der Waals surface area (Å²) < 4.78 is 101. The van der Waals surface area contributed by atoms with E-state index in [0.29, 0.717) is 12.0 Å². The molecule has 18 nitrogen and oxygen atoms in total. The van der Waals surface area contributed by atoms with Crippen LogP contribution in [-0.4, -0.2) is 41.0 Å². The number of anilines is 3. The number of phenolic OH excluding ortho intramolecular Hbond substituents is 1. The Kier molecular flexibility index (Phi) is 17.5. The fraction of sp³-hybridized carbons (Fsp3) is 0. The van der Waals surface area contributed by atoms with E-state index in [0.717, 1.165) is 54.6 Å². The number of benzene rings is 3. The SMILES string of the molecule is Nc1cc(O)c(N=Nc2cc(SOO[O-])ccc2S(=O)(=O)[O-])cc1N=Nc1cc(Nc2cc(F)nc(F)n2)ccc1S(=O)(=O)[O-].[Na+].[Na+].[Na+]. The number of aromatic nitrogens is 2. The number of nitrogens with two attached hydrogens (primary N) is 1. The van der Waals surface area contributed by atoms with Crippen molar-refractivity contribution >= 4 is 72.2 Å². The van der Waals surface area contributed by atoms with E-state index in [2.05, 4.69) is 45.1 Å². The van der Waals surface area contributed by atoms with Crippen LogP contribution < -0.4 is 105 Å². The maximum Gasteiger partial charge on any atom is 1.00 e. The summed E-state index contributed by atoms with van der Waals surface area (Å²) in [6, 6.07) is 8.53. The molecule has 0 unspecified atom stereocenters. The fourth-order valence-corrected chi connectivity index (χ4v) is 4.91. The second-order valence-corrected chi connectivity index (χ2v) is 11.7. The van der Waals surface area contributed by atoms with Gasteiger partial charge in [0, 0.05) is 22.7 Å². The van der Waals surface area contributed by atoms with Crippen molar-refractivity contribution in [3.05, 3.63) is 66.6 Å². The fourth-order valence-electron chi connectivity index (χ4n) is 3.34. The number of nitrogen functional groups attached to an aromatic ring is 1. The zero-order valence-electron chi connectivity index (χ0n) is 24.6. The van der Waals surface area contributed by atoms with E-state index >= 15 is 0 Å². The smallest absolute Gasteiger partial charge is 0.744 e. The second-order valence-electron chi connectivity index (χ2n) is 8.21. The third-order valence-corrected chi connectivity index (χ3v) is 7.52. The standard InChI is InChI=1S/C22H16F2N8O10S3.3Na/c23-20-9-21(28-22(24)27-20)26-10-1-3-18(44(35,36)37)15(5-10)31-29-13-8-14(17(33)7-12(13)25)30-32-16-6-11(43-42-41-34)2-4-19(16)45(38,39)40;;;/h1-9,33-34H,25H2,(H,26,27,28)(H,35,36,37)(H,38,39,40);;;/q;3*+1/p-3. The van der Waals surface area contributed by atoms with Crippen molar-refractivity contribution in [1.29, 1.82) is 0 Å². The molecule has 0 amide bonds. The molecule has 0 saturated carbocycles. The summed E-state index contributed by atoms with van der Waals surface area (Å²) in [4.78, 5) is 4.58. The van der Waals surface area contributed by atoms with Gasteiger partial charge < -0.3 is 30.5 Å². The molecule has 4 rings (SSSR count). The molecule has 4 aromatic rings. The molecule has 0 radical (unpaired) electrons. The van der Waals surface area contributed by atoms with Gasteiger partial charge in [0.1, 0.15) is 54.6 Å². The summed E-state index contributed by atoms with van der Waals surface area (Å²) in [5, 5.41) is 40.9. The first-order valence-electron chi connectivity index (χ1n) is 11.4. The Hall–Kier alpha value is -1.75. The summed E-state index contributed by atoms with van der Waals surface area (Å²) >= 11 is 0.357. The Morgan fingerprint density at radius 3 is 1.94 bits per heavy atom. The molecule has 236 valence electrons. The summed E-state index contributed by atoms with van der Waals surface area (Å²) in [6.45, 7) is 0. The van der Waals surface area contributed by atoms with Gasteiger partial charge in [0.05, 0.1) is 27.5 Å². The van der Waals surface area contributed by atoms with Gasteiger partial charge in [0.15, 0.2) is 0 Å². The zero-order valence-corrected chi connectivity index (χ0v) is 33.0. The van der Waals surface area contributed by atoms with Crippen LogP contribution in [0.15, 0.2) is 89.7 Å². The van der Waals surface area contributed by atoms with E-state index in [1.54, 1.807) is 0 Å². The van der Waals surface area contributed by atoms with Gasteiger partial charge in [-0.05, 0) is 42.5 Å². The molecule has 0 saturated heterocycles. The molecule has 48 heavy (non-hydrogen) atoms. The minimum Gasteiger partial charge on any atom is -0.744 e. The van der Waals surface area contributed by atoms with Crippen molar-refractivity contribution in [2.45, 2.75) is 14.7 Å². The maximum atomic E-state index is 13.4. The number of hydrogen-bond acceptors (Lipinski definition) is 19. The van der Waals surface area contributed by atoms with E-state index in [9.17, 15) is 45.1 Å². The Morgan fingerprint density at radius 1 is 0.792 bits per heavy atom. The van der Waals surface area contributed by atoms with E-state index in [1.807, 2.05) is 0 Å². The third-order valence-electron chi connectivity index (χ3n) is 5.18. The first kappa shape index (κ1) is 44.3. The van der Waals surface area contributed by atoms with Crippen molar-refractivity contribution < 1.29 is 143 Å². The van der Waals surface area contributed by atoms with E-state index in [-0.39, 0.29) is 116 Å². The van der Waals surface area contributed by atoms with E-state index in [1.165, 1.54) is 0 Å². The molecule has 0 atom stereocenters. The quantitative estimate of drug-likeness (QED) is 0.0148. The molecule has 1 aromatic heterocycles. The largest absolute Gasteiger partial charge is 1.00 e. The van der Waals surface area contributed by atoms with Gasteiger partial charge >= 0.3 is 94.8 Å². The maximum absolute atomic E-state index is 13.4. The summed E-state index contributed by atoms with van der Waals surface area (Å²) in [7, 11) is -10.2. The molecule has 26 heteroatoms. The topological polar surface area (TPSA) is 289 Å². The molecule has 0 aliphatic carbocycles. The second kappa shape index (κ2) is 19.0. The van der Waals surface area contributed by atoms with Gasteiger partial charge in [0.2, 0.25) is 5.95 Å². The minimum atomic E-state index is -5.12. The monoisotopic (exact) mass is 752 g/mol. The van der Waals surface area contributed by atoms with Crippen LogP contribution in [0.4, 0.5) is 48.7 Å². The Morgan fingerprint density at radius 2 is 1.35 bits per heavy atom. The van der Waals surface area contributed by atoms with Gasteiger partial charge in [-0.15, -0.1) is 20.5 Å². The summed E-state index contributed by atoms with van der Waals surface area (Å²) in [5.74, 6) is -2.17. The van der Waals surface area contributed by atoms with E-state index in [4.69, 9.17) is 5.73 Å². The van der Waals surface area contributed by atoms with E-state index < -0.39 is 64.9 Å². The Bertz CT molecular complexity index is 2050. The number of hydrogen-bond donors (Lipinski definition) is 3. The van der Waals surface area contributed by atoms with Crippen LogP contribution in [-0.2, 0) is 29.6 Å². The van der Waals surface area contributed by atoms with Crippen LogP contribution in [0.2, 0.25) is 0 Å². The molecule has 0 spiro atoms. The zero-order chi connectivity index (χ0) is 32.9. The van der Waals surface area contributed by atoms with Gasteiger partial charge in [0.25, 0.3) is 0 Å². The van der Waals surface area contributed by atoms with Gasteiger partial charge in [-0.1, -0.05) is 0 Å². The molecular formula is C22H13F2N8Na3O10S3. The molecule has 0 bridgehead atoms. The number of azo groups is 2. The first-order valence-corrected chi connectivity index (χ1v) is 15.0. The van der Waals surface area contributed by atoms with Crippen LogP contribution in [0.5, 0.6) is 5.75 Å². The third kappa shape index (κ3) is 12.2. The molecule has 1 heterocycles. The first-order chi connectivity index (χ1) is 21.1. The van der Waals surface area contributed by atoms with Crippen molar-refractivity contribution in [1.82, 2.24) is 9.97 Å². The molecule has 0 aliphatic heterocycles.